The predicted molar refractivity (Wildman–Crippen MR) is 77.6 cm³/mol. The molecule has 20 heavy (non-hydrogen) atoms. The molecule has 1 aliphatic rings. The van der Waals surface area contributed by atoms with Crippen molar-refractivity contribution in [1.29, 1.82) is 0 Å². The largest absolute Gasteiger partial charge is 0.381 e. The smallest absolute Gasteiger partial charge is 0.211 e. The monoisotopic (exact) mass is 268 g/mol. The molecule has 0 saturated carbocycles. The summed E-state index contributed by atoms with van der Waals surface area (Å²) in [6, 6.07) is 8.20. The van der Waals surface area contributed by atoms with Crippen LogP contribution in [0.3, 0.4) is 0 Å². The van der Waals surface area contributed by atoms with E-state index >= 15 is 0 Å². The van der Waals surface area contributed by atoms with E-state index in [0.717, 1.165) is 47.2 Å². The summed E-state index contributed by atoms with van der Waals surface area (Å²) in [5, 5.41) is 2.84. The molecule has 102 valence electrons. The number of nitrogens with one attached hydrogen (secondary N) is 1. The van der Waals surface area contributed by atoms with Gasteiger partial charge in [-0.1, -0.05) is 6.07 Å². The van der Waals surface area contributed by atoms with E-state index in [1.807, 2.05) is 18.3 Å². The Kier molecular flexibility index (Phi) is 3.74. The summed E-state index contributed by atoms with van der Waals surface area (Å²) in [4.78, 5) is 15.0. The highest BCUT2D eigenvalue weighted by Gasteiger charge is 2.14. The number of benzene rings is 1. The third-order valence-electron chi connectivity index (χ3n) is 3.53. The van der Waals surface area contributed by atoms with E-state index < -0.39 is 0 Å². The lowest BCUT2D eigenvalue weighted by Crippen LogP contribution is -2.12. The molecule has 2 aromatic rings. The van der Waals surface area contributed by atoms with E-state index in [0.29, 0.717) is 13.2 Å². The van der Waals surface area contributed by atoms with Crippen LogP contribution >= 0.6 is 0 Å². The number of nitrogens with zero attached hydrogens (tertiary/aromatic N) is 1. The number of rotatable bonds is 3. The van der Waals surface area contributed by atoms with Crippen LogP contribution in [0.5, 0.6) is 0 Å². The summed E-state index contributed by atoms with van der Waals surface area (Å²) in [6.45, 7) is 1.37. The minimum absolute atomic E-state index is 0.684. The Hall–Kier alpha value is -2.20. The summed E-state index contributed by atoms with van der Waals surface area (Å²) in [7, 11) is 0. The van der Waals surface area contributed by atoms with Gasteiger partial charge < -0.3 is 10.1 Å². The zero-order valence-electron chi connectivity index (χ0n) is 11.1. The molecule has 0 aliphatic carbocycles. The fourth-order valence-corrected chi connectivity index (χ4v) is 2.57. The molecule has 0 fully saturated rings. The predicted octanol–water partition coefficient (Wildman–Crippen LogP) is 2.43. The molecule has 1 aromatic carbocycles. The third-order valence-corrected chi connectivity index (χ3v) is 3.53. The lowest BCUT2D eigenvalue weighted by atomic mass is 9.95. The maximum atomic E-state index is 10.8. The molecule has 0 unspecified atom stereocenters. The summed E-state index contributed by atoms with van der Waals surface area (Å²) in [6.07, 6.45) is 5.98. The summed E-state index contributed by atoms with van der Waals surface area (Å²) in [5.74, 6) is 0. The summed E-state index contributed by atoms with van der Waals surface area (Å²) < 4.78 is 5.55. The van der Waals surface area contributed by atoms with E-state index in [1.165, 1.54) is 0 Å². The molecular formula is C16H16N2O2. The number of aromatic nitrogens is 1. The maximum Gasteiger partial charge on any atom is 0.211 e. The number of carbonyl (C=O) groups is 1. The zero-order chi connectivity index (χ0) is 13.8. The molecule has 4 nitrogen and oxygen atoms in total. The van der Waals surface area contributed by atoms with E-state index in [2.05, 4.69) is 22.4 Å². The molecule has 2 bridgehead atoms. The Balaban J connectivity index is 2.11. The highest BCUT2D eigenvalue weighted by atomic mass is 16.5. The van der Waals surface area contributed by atoms with E-state index in [4.69, 9.17) is 4.74 Å². The van der Waals surface area contributed by atoms with Crippen LogP contribution < -0.4 is 5.32 Å². The van der Waals surface area contributed by atoms with E-state index in [-0.39, 0.29) is 0 Å². The Morgan fingerprint density at radius 1 is 1.15 bits per heavy atom. The Labute approximate surface area is 117 Å². The van der Waals surface area contributed by atoms with E-state index in [1.54, 1.807) is 6.20 Å². The van der Waals surface area contributed by atoms with Crippen molar-refractivity contribution >= 4 is 12.1 Å². The van der Waals surface area contributed by atoms with Crippen molar-refractivity contribution in [2.75, 3.05) is 18.5 Å². The first-order valence-electron chi connectivity index (χ1n) is 6.72. The number of amides is 1. The quantitative estimate of drug-likeness (QED) is 0.870. The van der Waals surface area contributed by atoms with Crippen molar-refractivity contribution in [2.24, 2.45) is 0 Å². The Morgan fingerprint density at radius 2 is 1.90 bits per heavy atom. The second-order valence-corrected chi connectivity index (χ2v) is 4.79. The van der Waals surface area contributed by atoms with Crippen LogP contribution in [0.1, 0.15) is 11.1 Å². The standard InChI is InChI=1S/C16H16N2O2/c19-11-18-16-12-3-6-20-7-4-13(16)9-15(8-12)14-2-1-5-17-10-14/h1-2,5,8-11H,3-4,6-7H2,(H,18,19). The summed E-state index contributed by atoms with van der Waals surface area (Å²) >= 11 is 0. The van der Waals surface area contributed by atoms with Gasteiger partial charge in [-0.15, -0.1) is 0 Å². The highest BCUT2D eigenvalue weighted by molar-refractivity contribution is 5.79. The van der Waals surface area contributed by atoms with Gasteiger partial charge in [-0.05, 0) is 47.7 Å². The first-order chi connectivity index (χ1) is 9.88. The van der Waals surface area contributed by atoms with Crippen molar-refractivity contribution in [3.63, 3.8) is 0 Å². The number of fused-ring (bicyclic) bond motifs is 2. The lowest BCUT2D eigenvalue weighted by molar-refractivity contribution is -0.105. The van der Waals surface area contributed by atoms with Gasteiger partial charge in [-0.25, -0.2) is 0 Å². The average Bonchev–Trinajstić information content (AvgIpc) is 2.49. The summed E-state index contributed by atoms with van der Waals surface area (Å²) in [5.41, 5.74) is 5.41. The van der Waals surface area contributed by atoms with Gasteiger partial charge in [-0.3, -0.25) is 9.78 Å². The van der Waals surface area contributed by atoms with Gasteiger partial charge in [0.25, 0.3) is 0 Å². The molecule has 1 aromatic heterocycles. The molecule has 1 N–H and O–H groups in total. The van der Waals surface area contributed by atoms with Gasteiger partial charge in [-0.2, -0.15) is 0 Å². The first kappa shape index (κ1) is 12.8. The van der Waals surface area contributed by atoms with Gasteiger partial charge in [0.15, 0.2) is 0 Å². The van der Waals surface area contributed by atoms with E-state index in [9.17, 15) is 4.79 Å². The second-order valence-electron chi connectivity index (χ2n) is 4.79. The fourth-order valence-electron chi connectivity index (χ4n) is 2.57. The lowest BCUT2D eigenvalue weighted by Gasteiger charge is -2.19. The molecule has 0 spiro atoms. The zero-order valence-corrected chi connectivity index (χ0v) is 11.1. The maximum absolute atomic E-state index is 10.8. The van der Waals surface area contributed by atoms with Crippen LogP contribution in [0, 0.1) is 0 Å². The number of carbonyl (C=O) groups excluding carboxylic acids is 1. The van der Waals surface area contributed by atoms with Gasteiger partial charge >= 0.3 is 0 Å². The SMILES string of the molecule is O=CNc1c2cc(-c3cccnc3)cc1CCOCC2. The van der Waals surface area contributed by atoms with Crippen LogP contribution in [0.4, 0.5) is 5.69 Å². The van der Waals surface area contributed by atoms with Gasteiger partial charge in [0.2, 0.25) is 6.41 Å². The van der Waals surface area contributed by atoms with Crippen LogP contribution in [0.2, 0.25) is 0 Å². The molecule has 1 amide bonds. The van der Waals surface area contributed by atoms with Gasteiger partial charge in [0, 0.05) is 23.6 Å². The third kappa shape index (κ3) is 2.56. The number of hydrogen-bond acceptors (Lipinski definition) is 3. The molecule has 3 rings (SSSR count). The molecule has 4 heteroatoms. The Bertz CT molecular complexity index is 584. The molecule has 2 heterocycles. The van der Waals surface area contributed by atoms with Crippen molar-refractivity contribution in [2.45, 2.75) is 12.8 Å². The number of hydrogen-bond donors (Lipinski definition) is 1. The second kappa shape index (κ2) is 5.84. The molecule has 0 radical (unpaired) electrons. The Morgan fingerprint density at radius 3 is 2.50 bits per heavy atom. The number of anilines is 1. The molecule has 0 saturated heterocycles. The van der Waals surface area contributed by atoms with Crippen molar-refractivity contribution in [3.05, 3.63) is 47.8 Å². The minimum Gasteiger partial charge on any atom is -0.381 e. The first-order valence-corrected chi connectivity index (χ1v) is 6.72. The van der Waals surface area contributed by atoms with Crippen molar-refractivity contribution in [3.8, 4) is 11.1 Å². The molecule has 0 atom stereocenters. The highest BCUT2D eigenvalue weighted by Crippen LogP contribution is 2.30. The van der Waals surface area contributed by atoms with Crippen LogP contribution in [-0.4, -0.2) is 24.6 Å². The fraction of sp³-hybridized carbons (Fsp3) is 0.250. The molecule has 1 aliphatic heterocycles. The number of ether oxygens (including phenoxy) is 1. The van der Waals surface area contributed by atoms with Gasteiger partial charge in [0.1, 0.15) is 0 Å². The topological polar surface area (TPSA) is 51.2 Å². The van der Waals surface area contributed by atoms with Crippen LogP contribution in [0.25, 0.3) is 11.1 Å². The van der Waals surface area contributed by atoms with Gasteiger partial charge in [0.05, 0.1) is 13.2 Å². The minimum atomic E-state index is 0.684. The van der Waals surface area contributed by atoms with Crippen molar-refractivity contribution in [1.82, 2.24) is 4.98 Å². The average molecular weight is 268 g/mol. The normalized spacial score (nSPS) is 14.2. The number of pyridine rings is 1. The molecular weight excluding hydrogens is 252 g/mol. The van der Waals surface area contributed by atoms with Crippen molar-refractivity contribution < 1.29 is 9.53 Å². The van der Waals surface area contributed by atoms with Crippen LogP contribution in [-0.2, 0) is 22.4 Å². The van der Waals surface area contributed by atoms with Crippen LogP contribution in [0.15, 0.2) is 36.7 Å².